The third-order valence-corrected chi connectivity index (χ3v) is 4.44. The standard InChI is InChI=1S/C19H19N3O3/c23-19(24)21-9-15(10-21)11-22-12-16-8-17(6-7-18(16)20-22)25-13-14-4-2-1-3-5-14/h1-8,12,15H,9-11,13H2,(H,23,24). The van der Waals surface area contributed by atoms with E-state index in [0.29, 0.717) is 25.6 Å². The molecule has 6 nitrogen and oxygen atoms in total. The molecule has 0 aliphatic carbocycles. The van der Waals surface area contributed by atoms with Crippen LogP contribution in [0.4, 0.5) is 4.79 Å². The number of hydrogen-bond acceptors (Lipinski definition) is 3. The van der Waals surface area contributed by atoms with Crippen LogP contribution in [0.15, 0.2) is 54.7 Å². The Kier molecular flexibility index (Phi) is 4.01. The molecule has 0 saturated carbocycles. The number of nitrogens with zero attached hydrogens (tertiary/aromatic N) is 3. The van der Waals surface area contributed by atoms with Gasteiger partial charge in [-0.05, 0) is 23.8 Å². The normalized spacial score (nSPS) is 14.5. The van der Waals surface area contributed by atoms with Crippen LogP contribution in [0.25, 0.3) is 10.9 Å². The number of hydrogen-bond donors (Lipinski definition) is 1. The summed E-state index contributed by atoms with van der Waals surface area (Å²) in [7, 11) is 0. The van der Waals surface area contributed by atoms with Crippen molar-refractivity contribution in [3.63, 3.8) is 0 Å². The molecule has 2 heterocycles. The highest BCUT2D eigenvalue weighted by molar-refractivity contribution is 5.79. The third-order valence-electron chi connectivity index (χ3n) is 4.44. The Bertz CT molecular complexity index is 885. The van der Waals surface area contributed by atoms with Crippen LogP contribution in [-0.4, -0.2) is 39.0 Å². The molecule has 2 aromatic carbocycles. The maximum absolute atomic E-state index is 10.8. The molecule has 0 spiro atoms. The lowest BCUT2D eigenvalue weighted by molar-refractivity contribution is 0.0732. The van der Waals surface area contributed by atoms with Crippen molar-refractivity contribution in [2.24, 2.45) is 5.92 Å². The number of likely N-dealkylation sites (tertiary alicyclic amines) is 1. The van der Waals surface area contributed by atoms with Gasteiger partial charge < -0.3 is 14.7 Å². The van der Waals surface area contributed by atoms with Crippen LogP contribution in [0.5, 0.6) is 5.75 Å². The summed E-state index contributed by atoms with van der Waals surface area (Å²) < 4.78 is 7.75. The predicted octanol–water partition coefficient (Wildman–Crippen LogP) is 3.23. The van der Waals surface area contributed by atoms with E-state index in [9.17, 15) is 4.79 Å². The van der Waals surface area contributed by atoms with Crippen LogP contribution in [0.2, 0.25) is 0 Å². The van der Waals surface area contributed by atoms with E-state index in [1.54, 1.807) is 0 Å². The number of rotatable bonds is 5. The Morgan fingerprint density at radius 3 is 2.76 bits per heavy atom. The summed E-state index contributed by atoms with van der Waals surface area (Å²) in [6.07, 6.45) is 1.15. The summed E-state index contributed by atoms with van der Waals surface area (Å²) in [5.41, 5.74) is 2.05. The van der Waals surface area contributed by atoms with Crippen LogP contribution < -0.4 is 4.74 Å². The van der Waals surface area contributed by atoms with Gasteiger partial charge in [0.05, 0.1) is 5.52 Å². The number of fused-ring (bicyclic) bond motifs is 1. The van der Waals surface area contributed by atoms with E-state index < -0.39 is 6.09 Å². The van der Waals surface area contributed by atoms with Crippen LogP contribution in [0.3, 0.4) is 0 Å². The van der Waals surface area contributed by atoms with E-state index >= 15 is 0 Å². The summed E-state index contributed by atoms with van der Waals surface area (Å²) in [6, 6.07) is 15.9. The molecule has 1 N–H and O–H groups in total. The van der Waals surface area contributed by atoms with Crippen molar-refractivity contribution < 1.29 is 14.6 Å². The molecule has 128 valence electrons. The molecular formula is C19H19N3O3. The molecule has 6 heteroatoms. The number of amides is 1. The Labute approximate surface area is 145 Å². The zero-order valence-electron chi connectivity index (χ0n) is 13.7. The lowest BCUT2D eigenvalue weighted by Crippen LogP contribution is -2.50. The average Bonchev–Trinajstić information content (AvgIpc) is 2.98. The molecule has 1 aromatic heterocycles. The molecule has 0 bridgehead atoms. The van der Waals surface area contributed by atoms with E-state index in [0.717, 1.165) is 28.8 Å². The fourth-order valence-electron chi connectivity index (χ4n) is 3.09. The number of ether oxygens (including phenoxy) is 1. The quantitative estimate of drug-likeness (QED) is 0.776. The van der Waals surface area contributed by atoms with Gasteiger partial charge in [0.1, 0.15) is 12.4 Å². The van der Waals surface area contributed by atoms with E-state index in [1.807, 2.05) is 59.4 Å². The summed E-state index contributed by atoms with van der Waals surface area (Å²) in [6.45, 7) is 2.43. The highest BCUT2D eigenvalue weighted by Crippen LogP contribution is 2.23. The van der Waals surface area contributed by atoms with Gasteiger partial charge in [-0.25, -0.2) is 4.79 Å². The number of carbonyl (C=O) groups is 1. The minimum atomic E-state index is -0.845. The molecule has 0 unspecified atom stereocenters. The van der Waals surface area contributed by atoms with Gasteiger partial charge in [-0.2, -0.15) is 5.10 Å². The Morgan fingerprint density at radius 1 is 1.20 bits per heavy atom. The summed E-state index contributed by atoms with van der Waals surface area (Å²) in [4.78, 5) is 12.2. The minimum absolute atomic E-state index is 0.333. The molecule has 0 atom stereocenters. The molecule has 3 aromatic rings. The molecule has 4 rings (SSSR count). The molecule has 1 aliphatic heterocycles. The first-order valence-electron chi connectivity index (χ1n) is 8.29. The maximum atomic E-state index is 10.8. The van der Waals surface area contributed by atoms with Crippen molar-refractivity contribution >= 4 is 17.0 Å². The van der Waals surface area contributed by atoms with E-state index in [4.69, 9.17) is 9.84 Å². The molecule has 25 heavy (non-hydrogen) atoms. The van der Waals surface area contributed by atoms with Crippen molar-refractivity contribution in [3.8, 4) is 5.75 Å². The van der Waals surface area contributed by atoms with Gasteiger partial charge in [0.2, 0.25) is 0 Å². The Hall–Kier alpha value is -3.02. The first-order valence-corrected chi connectivity index (χ1v) is 8.29. The van der Waals surface area contributed by atoms with Crippen molar-refractivity contribution in [1.29, 1.82) is 0 Å². The van der Waals surface area contributed by atoms with E-state index in [1.165, 1.54) is 4.90 Å². The van der Waals surface area contributed by atoms with Crippen molar-refractivity contribution in [1.82, 2.24) is 14.7 Å². The Morgan fingerprint density at radius 2 is 2.00 bits per heavy atom. The number of aromatic nitrogens is 2. The lowest BCUT2D eigenvalue weighted by Gasteiger charge is -2.36. The number of carboxylic acid groups (broad SMARTS) is 1. The van der Waals surface area contributed by atoms with Crippen molar-refractivity contribution in [2.75, 3.05) is 13.1 Å². The second-order valence-corrected chi connectivity index (χ2v) is 6.40. The Balaban J connectivity index is 1.40. The zero-order valence-corrected chi connectivity index (χ0v) is 13.7. The second-order valence-electron chi connectivity index (χ2n) is 6.40. The van der Waals surface area contributed by atoms with Crippen LogP contribution in [0.1, 0.15) is 5.56 Å². The fraction of sp³-hybridized carbons (Fsp3) is 0.263. The van der Waals surface area contributed by atoms with Crippen molar-refractivity contribution in [2.45, 2.75) is 13.2 Å². The highest BCUT2D eigenvalue weighted by Gasteiger charge is 2.30. The topological polar surface area (TPSA) is 67.6 Å². The van der Waals surface area contributed by atoms with Gasteiger partial charge in [0.25, 0.3) is 0 Å². The maximum Gasteiger partial charge on any atom is 0.407 e. The molecule has 0 radical (unpaired) electrons. The predicted molar refractivity (Wildman–Crippen MR) is 93.6 cm³/mol. The summed E-state index contributed by atoms with van der Waals surface area (Å²) in [5.74, 6) is 1.15. The van der Waals surface area contributed by atoms with Crippen LogP contribution in [0, 0.1) is 5.92 Å². The summed E-state index contributed by atoms with van der Waals surface area (Å²) in [5, 5.41) is 14.5. The van der Waals surface area contributed by atoms with E-state index in [-0.39, 0.29) is 0 Å². The third kappa shape index (κ3) is 3.42. The van der Waals surface area contributed by atoms with Crippen LogP contribution >= 0.6 is 0 Å². The first-order chi connectivity index (χ1) is 12.2. The lowest BCUT2D eigenvalue weighted by atomic mass is 10.0. The smallest absolute Gasteiger partial charge is 0.407 e. The van der Waals surface area contributed by atoms with Gasteiger partial charge >= 0.3 is 6.09 Å². The van der Waals surface area contributed by atoms with Gasteiger partial charge in [0, 0.05) is 37.1 Å². The first kappa shape index (κ1) is 15.5. The highest BCUT2D eigenvalue weighted by atomic mass is 16.5. The monoisotopic (exact) mass is 337 g/mol. The van der Waals surface area contributed by atoms with Gasteiger partial charge in [-0.15, -0.1) is 0 Å². The molecular weight excluding hydrogens is 318 g/mol. The summed E-state index contributed by atoms with van der Waals surface area (Å²) >= 11 is 0. The fourth-order valence-corrected chi connectivity index (χ4v) is 3.09. The minimum Gasteiger partial charge on any atom is -0.489 e. The van der Waals surface area contributed by atoms with Gasteiger partial charge in [-0.3, -0.25) is 4.68 Å². The molecule has 1 aliphatic rings. The number of benzene rings is 2. The average molecular weight is 337 g/mol. The SMILES string of the molecule is O=C(O)N1CC(Cn2cc3cc(OCc4ccccc4)ccc3n2)C1. The van der Waals surface area contributed by atoms with Crippen molar-refractivity contribution in [3.05, 3.63) is 60.3 Å². The zero-order chi connectivity index (χ0) is 17.2. The second kappa shape index (κ2) is 6.47. The molecule has 1 fully saturated rings. The molecule has 1 saturated heterocycles. The van der Waals surface area contributed by atoms with Crippen LogP contribution in [-0.2, 0) is 13.2 Å². The van der Waals surface area contributed by atoms with E-state index in [2.05, 4.69) is 5.10 Å². The van der Waals surface area contributed by atoms with Gasteiger partial charge in [-0.1, -0.05) is 30.3 Å². The molecule has 1 amide bonds. The van der Waals surface area contributed by atoms with Gasteiger partial charge in [0.15, 0.2) is 0 Å². The largest absolute Gasteiger partial charge is 0.489 e.